The Morgan fingerprint density at radius 3 is 1.02 bits per heavy atom. The Morgan fingerprint density at radius 2 is 0.653 bits per heavy atom. The Labute approximate surface area is 595 Å². The van der Waals surface area contributed by atoms with Crippen molar-refractivity contribution in [1.82, 2.24) is 0 Å². The number of benzene rings is 8. The highest BCUT2D eigenvalue weighted by molar-refractivity contribution is 5.81. The molecule has 8 aromatic carbocycles. The first kappa shape index (κ1) is 49.0. The van der Waals surface area contributed by atoms with Crippen LogP contribution in [0.5, 0.6) is 0 Å². The van der Waals surface area contributed by atoms with Crippen LogP contribution in [0.3, 0.4) is 0 Å². The Hall–Kier alpha value is -9.64. The minimum absolute atomic E-state index is 0.318. The molecule has 0 N–H and O–H groups in total. The van der Waals surface area contributed by atoms with Gasteiger partial charge in [-0.3, -0.25) is 0 Å². The number of aromatic nitrogens is 4. The summed E-state index contributed by atoms with van der Waals surface area (Å²) in [6, 6.07) is 66.2. The summed E-state index contributed by atoms with van der Waals surface area (Å²) in [4.78, 5) is 0. The van der Waals surface area contributed by atoms with Crippen molar-refractivity contribution < 1.29 is 42.9 Å². The molecule has 0 aliphatic carbocycles. The van der Waals surface area contributed by atoms with Crippen LogP contribution in [0.15, 0.2) is 237 Å². The van der Waals surface area contributed by atoms with Gasteiger partial charge in [0.05, 0.1) is 0 Å². The van der Waals surface area contributed by atoms with Crippen LogP contribution >= 0.6 is 0 Å². The minimum atomic E-state index is -2.21. The molecule has 0 saturated heterocycles. The molecule has 0 fully saturated rings. The first-order chi connectivity index (χ1) is 52.4. The summed E-state index contributed by atoms with van der Waals surface area (Å²) < 4.78 is 151. The number of nitrogens with zero attached hydrogens (tertiary/aromatic N) is 4. The maximum atomic E-state index is 8.67. The van der Waals surface area contributed by atoms with Crippen molar-refractivity contribution in [3.05, 3.63) is 309 Å². The molecule has 4 heteroatoms. The van der Waals surface area contributed by atoms with Gasteiger partial charge in [-0.2, -0.15) is 0 Å². The summed E-state index contributed by atoms with van der Waals surface area (Å²) in [5, 5.41) is 0. The van der Waals surface area contributed by atoms with Crippen molar-refractivity contribution in [3.63, 3.8) is 0 Å². The zero-order valence-electron chi connectivity index (χ0n) is 75.8. The molecule has 12 aromatic rings. The molecule has 0 unspecified atom stereocenters. The number of hydrogen-bond acceptors (Lipinski definition) is 0. The molecule has 4 heterocycles. The van der Waals surface area contributed by atoms with Gasteiger partial charge >= 0.3 is 0 Å². The molecule has 0 atom stereocenters. The van der Waals surface area contributed by atoms with Gasteiger partial charge in [0, 0.05) is 95.0 Å². The van der Waals surface area contributed by atoms with Gasteiger partial charge in [0.15, 0.2) is 24.8 Å². The molecule has 482 valence electrons. The van der Waals surface area contributed by atoms with E-state index in [1.807, 2.05) is 255 Å². The molecule has 0 aliphatic rings. The van der Waals surface area contributed by atoms with Crippen molar-refractivity contribution in [2.24, 2.45) is 33.6 Å². The van der Waals surface area contributed by atoms with E-state index in [9.17, 15) is 0 Å². The molecule has 4 aromatic heterocycles. The fraction of sp³-hybridized carbons (Fsp3) is 0.253. The molecule has 0 saturated carbocycles. The van der Waals surface area contributed by atoms with Gasteiger partial charge in [-0.25, -0.2) is 18.3 Å². The third-order valence-corrected chi connectivity index (χ3v) is 17.5. The van der Waals surface area contributed by atoms with Gasteiger partial charge in [-0.05, 0) is 229 Å². The molecule has 0 amide bonds. The second-order valence-electron chi connectivity index (χ2n) is 25.9. The van der Waals surface area contributed by atoms with Gasteiger partial charge in [-0.15, -0.1) is 0 Å². The Bertz CT molecular complexity index is 5460. The summed E-state index contributed by atoms with van der Waals surface area (Å²) in [5.41, 5.74) is 23.1. The van der Waals surface area contributed by atoms with Crippen LogP contribution < -0.4 is 18.3 Å². The van der Waals surface area contributed by atoms with E-state index in [4.69, 9.17) is 24.7 Å². The van der Waals surface area contributed by atoms with Gasteiger partial charge in [-0.1, -0.05) is 180 Å². The second-order valence-corrected chi connectivity index (χ2v) is 25.9. The number of aryl methyl sites for hydroxylation is 11. The molecular formula is C91H102N4+4. The molecule has 0 aliphatic heterocycles. The third-order valence-electron chi connectivity index (χ3n) is 17.5. The molecule has 95 heavy (non-hydrogen) atoms. The summed E-state index contributed by atoms with van der Waals surface area (Å²) in [7, 11) is 7.77. The van der Waals surface area contributed by atoms with Gasteiger partial charge in [0.1, 0.15) is 28.2 Å². The van der Waals surface area contributed by atoms with E-state index in [0.29, 0.717) is 50.1 Å². The number of pyridine rings is 4. The van der Waals surface area contributed by atoms with Crippen LogP contribution in [-0.4, -0.2) is 0 Å². The monoisotopic (exact) mass is 1270 g/mol. The van der Waals surface area contributed by atoms with E-state index in [0.717, 1.165) is 106 Å². The van der Waals surface area contributed by atoms with Crippen molar-refractivity contribution in [1.29, 1.82) is 0 Å². The summed E-state index contributed by atoms with van der Waals surface area (Å²) in [6.45, 7) is 10.5. The Morgan fingerprint density at radius 1 is 0.337 bits per heavy atom. The van der Waals surface area contributed by atoms with Crippen molar-refractivity contribution in [2.75, 3.05) is 0 Å². The van der Waals surface area contributed by atoms with E-state index in [1.54, 1.807) is 61.7 Å². The maximum Gasteiger partial charge on any atom is 0.212 e. The molecule has 0 spiro atoms. The van der Waals surface area contributed by atoms with Crippen LogP contribution in [-0.2, 0) is 34.6 Å². The fourth-order valence-corrected chi connectivity index (χ4v) is 12.1. The highest BCUT2D eigenvalue weighted by Gasteiger charge is 2.23. The Balaban J connectivity index is 0.000000173. The zero-order valence-corrected chi connectivity index (χ0v) is 57.8. The molecule has 12 rings (SSSR count). The van der Waals surface area contributed by atoms with Crippen LogP contribution in [0.1, 0.15) is 138 Å². The molecule has 4 nitrogen and oxygen atoms in total. The third kappa shape index (κ3) is 16.5. The standard InChI is InChI=1S/C25H30N.C23H26N.C22H24N.C21H22N/c1-18-10-7-8-11-21(18)22-12-9-13-23(19(22)2)24-16-20(14-15-26(24)6)17-25(3,4)5;1-16(2)19-13-14-24(5)23(15-19)22-12-8-11-21(18(22)4)20-10-7-6-9-17(20)3;1-15-9-6-7-10-19(15)20-11-8-12-21(18(20)4)22-13-16(2)17(3)14-23(22)5;1-15-12-13-22(4)21(14-15)20-11-7-10-19(17(20)3)18-9-6-5-8-16(18)2/h7-16H,17H2,1-6H3;6-16H,1-5H3;6-14H,1-5H3;5-14H,1-4H3/q4*+1/i1D3,17D2;3D3,16D;1D3,3D3;2D3. The van der Waals surface area contributed by atoms with Crippen molar-refractivity contribution in [2.45, 2.75) is 123 Å². The summed E-state index contributed by atoms with van der Waals surface area (Å²) in [5.74, 6) is -0.692. The second kappa shape index (κ2) is 30.6. The minimum Gasteiger partial charge on any atom is -0.201 e. The normalized spacial score (nSPS) is 14.8. The lowest BCUT2D eigenvalue weighted by atomic mass is 9.87. The quantitative estimate of drug-likeness (QED) is 0.121. The van der Waals surface area contributed by atoms with Crippen LogP contribution in [0.4, 0.5) is 0 Å². The highest BCUT2D eigenvalue weighted by atomic mass is 14.9. The SMILES string of the molecule is [2H]C([2H])([2H])c1c[n+](C)c(-c2cccc(-c3ccccc3C([2H])([2H])[2H])c2C)cc1C.[2H]C([2H])([2H])c1ccccc1-c1cccc(-c2cc(C([2H])(C)C)cc[n+]2C)c1C.[2H]C([2H])([2H])c1ccccc1-c1cccc(-c2cc(C([2H])([2H])C(C)(C)C)cc[n+]2C)c1C.[2H]C([2H])([2H])c1ccccc1-c1cccc(-c2cc(C)cc[n+]2C)c1C. The average molecular weight is 1270 g/mol. The highest BCUT2D eigenvalue weighted by Crippen LogP contribution is 2.37. The number of rotatable bonds is 10. The summed E-state index contributed by atoms with van der Waals surface area (Å²) >= 11 is 0. The maximum absolute atomic E-state index is 8.67. The predicted octanol–water partition coefficient (Wildman–Crippen LogP) is 21.5. The van der Waals surface area contributed by atoms with E-state index in [-0.39, 0.29) is 0 Å². The lowest BCUT2D eigenvalue weighted by molar-refractivity contribution is -0.660. The predicted molar refractivity (Wildman–Crippen MR) is 403 cm³/mol. The number of hydrogen-bond donors (Lipinski definition) is 0. The first-order valence-electron chi connectivity index (χ1n) is 41.2. The molecule has 0 bridgehead atoms. The largest absolute Gasteiger partial charge is 0.212 e. The molecule has 0 radical (unpaired) electrons. The van der Waals surface area contributed by atoms with Gasteiger partial charge < -0.3 is 0 Å². The smallest absolute Gasteiger partial charge is 0.201 e. The van der Waals surface area contributed by atoms with E-state index in [1.165, 1.54) is 5.56 Å². The van der Waals surface area contributed by atoms with E-state index < -0.39 is 51.9 Å². The van der Waals surface area contributed by atoms with E-state index >= 15 is 0 Å². The van der Waals surface area contributed by atoms with Gasteiger partial charge in [0.2, 0.25) is 22.8 Å². The Kier molecular flexibility index (Phi) is 15.8. The topological polar surface area (TPSA) is 15.5 Å². The van der Waals surface area contributed by atoms with Crippen LogP contribution in [0.2, 0.25) is 0 Å². The van der Waals surface area contributed by atoms with Gasteiger partial charge in [0.25, 0.3) is 0 Å². The summed E-state index contributed by atoms with van der Waals surface area (Å²) in [6.07, 6.45) is 6.06. The van der Waals surface area contributed by atoms with Crippen molar-refractivity contribution >= 4 is 0 Å². The zero-order chi connectivity index (χ0) is 83.6. The lowest BCUT2D eigenvalue weighted by Gasteiger charge is -2.18. The van der Waals surface area contributed by atoms with Crippen LogP contribution in [0.25, 0.3) is 89.5 Å². The van der Waals surface area contributed by atoms with Crippen molar-refractivity contribution in [3.8, 4) is 89.5 Å². The average Bonchev–Trinajstić information content (AvgIpc) is 0.780. The first-order valence-corrected chi connectivity index (χ1v) is 32.2. The lowest BCUT2D eigenvalue weighted by Crippen LogP contribution is -2.31. The van der Waals surface area contributed by atoms with Crippen LogP contribution in [0, 0.1) is 81.2 Å². The molecular weight excluding hydrogens is 1150 g/mol. The fourth-order valence-electron chi connectivity index (χ4n) is 12.1. The van der Waals surface area contributed by atoms with E-state index in [2.05, 4.69) is 42.7 Å².